The zero-order chi connectivity index (χ0) is 29.3. The van der Waals surface area contributed by atoms with E-state index in [2.05, 4.69) is 9.98 Å². The number of aromatic nitrogens is 1. The van der Waals surface area contributed by atoms with Crippen LogP contribution in [-0.4, -0.2) is 64.0 Å². The first-order valence-corrected chi connectivity index (χ1v) is 12.8. The number of aromatic hydroxyl groups is 1. The second kappa shape index (κ2) is 11.3. The average molecular weight is 568 g/mol. The zero-order valence-corrected chi connectivity index (χ0v) is 21.9. The Bertz CT molecular complexity index is 1550. The van der Waals surface area contributed by atoms with Crippen LogP contribution in [0.5, 0.6) is 34.6 Å². The number of amidine groups is 2. The van der Waals surface area contributed by atoms with Gasteiger partial charge in [-0.05, 0) is 55.7 Å². The van der Waals surface area contributed by atoms with Gasteiger partial charge in [-0.3, -0.25) is 15.2 Å². The van der Waals surface area contributed by atoms with Crippen molar-refractivity contribution < 1.29 is 38.0 Å². The molecule has 214 valence electrons. The molecule has 11 nitrogen and oxygen atoms in total. The summed E-state index contributed by atoms with van der Waals surface area (Å²) < 4.78 is 47.6. The molecule has 2 aliphatic rings. The molecule has 1 fully saturated rings. The molecule has 1 saturated carbocycles. The number of nitrogens with two attached hydrogens (primary N) is 1. The van der Waals surface area contributed by atoms with Crippen molar-refractivity contribution in [2.24, 2.45) is 16.6 Å². The van der Waals surface area contributed by atoms with Crippen molar-refractivity contribution in [3.63, 3.8) is 0 Å². The fraction of sp³-hybridized carbons (Fsp3) is 0.286. The Morgan fingerprint density at radius 3 is 2.66 bits per heavy atom. The molecule has 2 aromatic carbocycles. The van der Waals surface area contributed by atoms with Gasteiger partial charge in [0.2, 0.25) is 11.6 Å². The van der Waals surface area contributed by atoms with Gasteiger partial charge in [0.05, 0.1) is 24.2 Å². The number of ether oxygens (including phenoxy) is 3. The molecular weight excluding hydrogens is 540 g/mol. The first-order chi connectivity index (χ1) is 19.6. The molecule has 2 atom stereocenters. The van der Waals surface area contributed by atoms with Gasteiger partial charge in [-0.1, -0.05) is 0 Å². The van der Waals surface area contributed by atoms with Crippen molar-refractivity contribution in [2.75, 3.05) is 20.1 Å². The van der Waals surface area contributed by atoms with E-state index in [1.165, 1.54) is 30.3 Å². The van der Waals surface area contributed by atoms with Crippen LogP contribution in [-0.2, 0) is 4.79 Å². The summed E-state index contributed by atoms with van der Waals surface area (Å²) in [7, 11) is 1.81. The molecule has 0 spiro atoms. The first kappa shape index (κ1) is 27.6. The summed E-state index contributed by atoms with van der Waals surface area (Å²) in [6.07, 6.45) is 2.04. The summed E-state index contributed by atoms with van der Waals surface area (Å²) in [4.78, 5) is 21.6. The van der Waals surface area contributed by atoms with Gasteiger partial charge in [0.1, 0.15) is 29.3 Å². The molecule has 1 aliphatic heterocycles. The summed E-state index contributed by atoms with van der Waals surface area (Å²) in [6, 6.07) is 8.40. The number of pyridine rings is 1. The standard InChI is InChI=1S/C28H27F2N5O6/c1-35-10-9-33-26(35)17-12-15(39-20-4-2-3-16(20)28(37)38)6-8-21(17)40-24-18(29)13-34-27(23(24)30)41-22-11-14(25(31)32)5-7-19(22)36/h5-8,11-13,16,20,36H,2-4,9-10H2,1H3,(H3,31,32)(H,37,38). The highest BCUT2D eigenvalue weighted by atomic mass is 19.1. The number of aliphatic imine (C=N–C) groups is 1. The number of halogens is 2. The number of nitrogen functional groups attached to an aromatic ring is 1. The summed E-state index contributed by atoms with van der Waals surface area (Å²) in [5.74, 6) is -5.44. The largest absolute Gasteiger partial charge is 0.504 e. The lowest BCUT2D eigenvalue weighted by Gasteiger charge is -2.21. The lowest BCUT2D eigenvalue weighted by Crippen LogP contribution is -2.28. The maximum Gasteiger partial charge on any atom is 0.310 e. The Morgan fingerprint density at radius 2 is 1.95 bits per heavy atom. The third-order valence-corrected chi connectivity index (χ3v) is 6.90. The molecule has 2 heterocycles. The number of phenolic OH excluding ortho intramolecular Hbond substituents is 1. The third kappa shape index (κ3) is 5.69. The molecule has 5 rings (SSSR count). The van der Waals surface area contributed by atoms with Crippen molar-refractivity contribution in [1.82, 2.24) is 9.88 Å². The number of nitrogens with one attached hydrogen (secondary N) is 1. The molecule has 1 aromatic heterocycles. The van der Waals surface area contributed by atoms with Gasteiger partial charge < -0.3 is 35.1 Å². The van der Waals surface area contributed by atoms with Crippen LogP contribution in [0.25, 0.3) is 0 Å². The summed E-state index contributed by atoms with van der Waals surface area (Å²) in [5.41, 5.74) is 6.07. The molecule has 1 aliphatic carbocycles. The van der Waals surface area contributed by atoms with Crippen molar-refractivity contribution in [1.29, 1.82) is 5.41 Å². The van der Waals surface area contributed by atoms with Crippen molar-refractivity contribution in [3.05, 3.63) is 65.4 Å². The summed E-state index contributed by atoms with van der Waals surface area (Å²) in [6.45, 7) is 1.11. The molecular formula is C28H27F2N5O6. The maximum absolute atomic E-state index is 15.5. The number of carboxylic acid groups (broad SMARTS) is 1. The molecule has 2 unspecified atom stereocenters. The molecule has 0 radical (unpaired) electrons. The van der Waals surface area contributed by atoms with Crippen LogP contribution in [0.15, 0.2) is 47.6 Å². The van der Waals surface area contributed by atoms with E-state index in [0.29, 0.717) is 49.3 Å². The van der Waals surface area contributed by atoms with E-state index in [1.54, 1.807) is 6.07 Å². The lowest BCUT2D eigenvalue weighted by atomic mass is 10.1. The Balaban J connectivity index is 1.48. The van der Waals surface area contributed by atoms with Gasteiger partial charge >= 0.3 is 5.97 Å². The molecule has 41 heavy (non-hydrogen) atoms. The van der Waals surface area contributed by atoms with Crippen LogP contribution in [0.3, 0.4) is 0 Å². The predicted octanol–water partition coefficient (Wildman–Crippen LogP) is 4.26. The highest BCUT2D eigenvalue weighted by Crippen LogP contribution is 2.39. The normalized spacial score (nSPS) is 18.2. The number of nitrogens with zero attached hydrogens (tertiary/aromatic N) is 3. The third-order valence-electron chi connectivity index (χ3n) is 6.90. The van der Waals surface area contributed by atoms with Gasteiger partial charge in [0.15, 0.2) is 17.3 Å². The summed E-state index contributed by atoms with van der Waals surface area (Å²) in [5, 5.41) is 27.2. The van der Waals surface area contributed by atoms with E-state index >= 15 is 4.39 Å². The van der Waals surface area contributed by atoms with E-state index in [4.69, 9.17) is 25.4 Å². The number of hydrogen-bond acceptors (Lipinski definition) is 9. The van der Waals surface area contributed by atoms with Gasteiger partial charge in [-0.2, -0.15) is 4.39 Å². The summed E-state index contributed by atoms with van der Waals surface area (Å²) >= 11 is 0. The highest BCUT2D eigenvalue weighted by molar-refractivity contribution is 6.02. The quantitative estimate of drug-likeness (QED) is 0.218. The smallest absolute Gasteiger partial charge is 0.310 e. The van der Waals surface area contributed by atoms with E-state index in [1.807, 2.05) is 11.9 Å². The zero-order valence-electron chi connectivity index (χ0n) is 21.9. The minimum absolute atomic E-state index is 0.0578. The number of benzene rings is 2. The number of rotatable bonds is 9. The van der Waals surface area contributed by atoms with Crippen molar-refractivity contribution >= 4 is 17.6 Å². The number of aliphatic carboxylic acids is 1. The van der Waals surface area contributed by atoms with Gasteiger partial charge in [-0.25, -0.2) is 9.37 Å². The molecule has 0 amide bonds. The SMILES string of the molecule is CN1CCN=C1c1cc(OC2CCCC2C(=O)O)ccc1Oc1c(F)cnc(Oc2cc(C(=N)N)ccc2O)c1F. The van der Waals surface area contributed by atoms with Crippen LogP contribution in [0.2, 0.25) is 0 Å². The fourth-order valence-electron chi connectivity index (χ4n) is 4.77. The second-order valence-corrected chi connectivity index (χ2v) is 9.67. The van der Waals surface area contributed by atoms with E-state index in [-0.39, 0.29) is 28.6 Å². The minimum atomic E-state index is -1.28. The van der Waals surface area contributed by atoms with Crippen molar-refractivity contribution in [3.8, 4) is 34.6 Å². The van der Waals surface area contributed by atoms with Crippen LogP contribution in [0, 0.1) is 23.0 Å². The van der Waals surface area contributed by atoms with Crippen LogP contribution < -0.4 is 19.9 Å². The number of phenols is 1. The molecule has 5 N–H and O–H groups in total. The fourth-order valence-corrected chi connectivity index (χ4v) is 4.77. The van der Waals surface area contributed by atoms with Gasteiger partial charge in [0, 0.05) is 19.2 Å². The van der Waals surface area contributed by atoms with Crippen LogP contribution in [0.4, 0.5) is 8.78 Å². The first-order valence-electron chi connectivity index (χ1n) is 12.8. The molecule has 3 aromatic rings. The average Bonchev–Trinajstić information content (AvgIpc) is 3.58. The van der Waals surface area contributed by atoms with E-state index in [9.17, 15) is 19.4 Å². The van der Waals surface area contributed by atoms with Crippen molar-refractivity contribution in [2.45, 2.75) is 25.4 Å². The monoisotopic (exact) mass is 567 g/mol. The predicted molar refractivity (Wildman–Crippen MR) is 143 cm³/mol. The maximum atomic E-state index is 15.5. The molecule has 13 heteroatoms. The number of carbonyl (C=O) groups is 1. The van der Waals surface area contributed by atoms with E-state index < -0.39 is 41.3 Å². The highest BCUT2D eigenvalue weighted by Gasteiger charge is 2.35. The topological polar surface area (TPSA) is 164 Å². The lowest BCUT2D eigenvalue weighted by molar-refractivity contribution is -0.144. The Morgan fingerprint density at radius 1 is 1.15 bits per heavy atom. The number of hydrogen-bond donors (Lipinski definition) is 4. The van der Waals surface area contributed by atoms with Gasteiger partial charge in [0.25, 0.3) is 5.88 Å². The minimum Gasteiger partial charge on any atom is -0.504 e. The van der Waals surface area contributed by atoms with E-state index in [0.717, 1.165) is 6.42 Å². The Kier molecular flexibility index (Phi) is 7.60. The molecule has 0 bridgehead atoms. The van der Waals surface area contributed by atoms with Crippen LogP contribution >= 0.6 is 0 Å². The Hall–Kier alpha value is -4.94. The Labute approximate surface area is 233 Å². The molecule has 0 saturated heterocycles. The number of carboxylic acids is 1. The number of likely N-dealkylation sites (N-methyl/N-ethyl adjacent to an activating group) is 1. The second-order valence-electron chi connectivity index (χ2n) is 9.67. The van der Waals surface area contributed by atoms with Gasteiger partial charge in [-0.15, -0.1) is 0 Å². The van der Waals surface area contributed by atoms with Crippen LogP contribution in [0.1, 0.15) is 30.4 Å².